The van der Waals surface area contributed by atoms with Crippen LogP contribution < -0.4 is 24.7 Å². The lowest BCUT2D eigenvalue weighted by Crippen LogP contribution is -1.99. The molecule has 5 nitrogen and oxygen atoms in total. The van der Waals surface area contributed by atoms with Crippen molar-refractivity contribution in [3.05, 3.63) is 24.3 Å². The summed E-state index contributed by atoms with van der Waals surface area (Å²) in [4.78, 5) is 0. The maximum Gasteiger partial charge on any atom is 0.203 e. The third-order valence-corrected chi connectivity index (χ3v) is 2.29. The fraction of sp³-hybridized carbons (Fsp3) is 0.385. The molecule has 1 rings (SSSR count). The molecule has 0 aliphatic rings. The standard InChI is InChI=1S/C13H19NO4/c1-15-11-8-10(18-7-5-4-6-14)9-12(16-2)13(11)17-3/h4-5,8-9H,6-7,14H2,1-3H3/b5-4+. The average molecular weight is 253 g/mol. The monoisotopic (exact) mass is 253 g/mol. The van der Waals surface area contributed by atoms with Gasteiger partial charge in [0, 0.05) is 18.7 Å². The fourth-order valence-electron chi connectivity index (χ4n) is 1.45. The molecule has 0 unspecified atom stereocenters. The normalized spacial score (nSPS) is 10.4. The number of hydrogen-bond acceptors (Lipinski definition) is 5. The van der Waals surface area contributed by atoms with Crippen LogP contribution in [-0.2, 0) is 0 Å². The van der Waals surface area contributed by atoms with Crippen LogP contribution in [0.5, 0.6) is 23.0 Å². The van der Waals surface area contributed by atoms with Crippen LogP contribution in [-0.4, -0.2) is 34.5 Å². The lowest BCUT2D eigenvalue weighted by Gasteiger charge is -2.14. The van der Waals surface area contributed by atoms with Crippen LogP contribution >= 0.6 is 0 Å². The third-order valence-electron chi connectivity index (χ3n) is 2.29. The van der Waals surface area contributed by atoms with E-state index in [1.165, 1.54) is 0 Å². The van der Waals surface area contributed by atoms with Crippen molar-refractivity contribution in [2.75, 3.05) is 34.5 Å². The maximum absolute atomic E-state index is 5.53. The zero-order chi connectivity index (χ0) is 13.4. The first-order chi connectivity index (χ1) is 8.76. The summed E-state index contributed by atoms with van der Waals surface area (Å²) in [6.07, 6.45) is 3.68. The van der Waals surface area contributed by atoms with Gasteiger partial charge in [-0.2, -0.15) is 0 Å². The van der Waals surface area contributed by atoms with Gasteiger partial charge in [-0.05, 0) is 0 Å². The molecule has 0 atom stereocenters. The highest BCUT2D eigenvalue weighted by Crippen LogP contribution is 2.40. The molecule has 0 amide bonds. The molecule has 1 aromatic carbocycles. The van der Waals surface area contributed by atoms with Gasteiger partial charge in [-0.25, -0.2) is 0 Å². The minimum absolute atomic E-state index is 0.440. The quantitative estimate of drug-likeness (QED) is 0.748. The van der Waals surface area contributed by atoms with Crippen LogP contribution in [0.2, 0.25) is 0 Å². The zero-order valence-electron chi connectivity index (χ0n) is 10.9. The summed E-state index contributed by atoms with van der Waals surface area (Å²) in [5, 5.41) is 0. The molecule has 0 fully saturated rings. The van der Waals surface area contributed by atoms with E-state index in [1.807, 2.05) is 12.2 Å². The Bertz CT molecular complexity index is 379. The zero-order valence-corrected chi connectivity index (χ0v) is 10.9. The number of rotatable bonds is 7. The summed E-state index contributed by atoms with van der Waals surface area (Å²) in [6.45, 7) is 0.939. The van der Waals surface area contributed by atoms with Gasteiger partial charge >= 0.3 is 0 Å². The van der Waals surface area contributed by atoms with E-state index >= 15 is 0 Å². The van der Waals surface area contributed by atoms with Crippen molar-refractivity contribution < 1.29 is 18.9 Å². The van der Waals surface area contributed by atoms with E-state index < -0.39 is 0 Å². The van der Waals surface area contributed by atoms with E-state index in [-0.39, 0.29) is 0 Å². The molecule has 0 spiro atoms. The second-order valence-electron chi connectivity index (χ2n) is 3.38. The maximum atomic E-state index is 5.53. The molecule has 2 N–H and O–H groups in total. The smallest absolute Gasteiger partial charge is 0.203 e. The average Bonchev–Trinajstić information content (AvgIpc) is 2.42. The van der Waals surface area contributed by atoms with E-state index in [9.17, 15) is 0 Å². The molecular formula is C13H19NO4. The first-order valence-electron chi connectivity index (χ1n) is 5.54. The van der Waals surface area contributed by atoms with Crippen molar-refractivity contribution in [2.24, 2.45) is 5.73 Å². The van der Waals surface area contributed by atoms with Gasteiger partial charge in [0.1, 0.15) is 12.4 Å². The predicted molar refractivity (Wildman–Crippen MR) is 69.8 cm³/mol. The molecule has 0 aliphatic carbocycles. The largest absolute Gasteiger partial charge is 0.493 e. The molecule has 1 aromatic rings. The number of ether oxygens (including phenoxy) is 4. The van der Waals surface area contributed by atoms with E-state index in [0.29, 0.717) is 36.1 Å². The molecule has 0 aliphatic heterocycles. The molecule has 0 saturated carbocycles. The summed E-state index contributed by atoms with van der Waals surface area (Å²) in [5.74, 6) is 2.32. The van der Waals surface area contributed by atoms with Gasteiger partial charge in [0.15, 0.2) is 11.5 Å². The lowest BCUT2D eigenvalue weighted by molar-refractivity contribution is 0.313. The van der Waals surface area contributed by atoms with Crippen LogP contribution in [0, 0.1) is 0 Å². The molecule has 100 valence electrons. The van der Waals surface area contributed by atoms with Crippen LogP contribution in [0.25, 0.3) is 0 Å². The Morgan fingerprint density at radius 3 is 2.06 bits per heavy atom. The summed E-state index contributed by atoms with van der Waals surface area (Å²) >= 11 is 0. The molecule has 5 heteroatoms. The van der Waals surface area contributed by atoms with E-state index in [0.717, 1.165) is 0 Å². The van der Waals surface area contributed by atoms with Gasteiger partial charge in [-0.15, -0.1) is 0 Å². The Hall–Kier alpha value is -1.88. The molecule has 0 heterocycles. The number of nitrogens with two attached hydrogens (primary N) is 1. The highest BCUT2D eigenvalue weighted by atomic mass is 16.5. The summed E-state index contributed by atoms with van der Waals surface area (Å²) in [7, 11) is 4.69. The molecule has 18 heavy (non-hydrogen) atoms. The van der Waals surface area contributed by atoms with Crippen molar-refractivity contribution in [1.29, 1.82) is 0 Å². The Labute approximate surface area is 107 Å². The van der Waals surface area contributed by atoms with Crippen LogP contribution in [0.4, 0.5) is 0 Å². The fourth-order valence-corrected chi connectivity index (χ4v) is 1.45. The molecule has 0 saturated heterocycles. The second-order valence-corrected chi connectivity index (χ2v) is 3.38. The SMILES string of the molecule is COc1cc(OC/C=C/CN)cc(OC)c1OC. The van der Waals surface area contributed by atoms with Crippen LogP contribution in [0.3, 0.4) is 0 Å². The van der Waals surface area contributed by atoms with Gasteiger partial charge in [0.2, 0.25) is 5.75 Å². The van der Waals surface area contributed by atoms with Crippen molar-refractivity contribution in [1.82, 2.24) is 0 Å². The van der Waals surface area contributed by atoms with Crippen molar-refractivity contribution in [2.45, 2.75) is 0 Å². The Morgan fingerprint density at radius 2 is 1.61 bits per heavy atom. The Kier molecular flexibility index (Phi) is 5.87. The minimum atomic E-state index is 0.440. The van der Waals surface area contributed by atoms with Gasteiger partial charge in [-0.1, -0.05) is 12.2 Å². The molecule has 0 bridgehead atoms. The minimum Gasteiger partial charge on any atom is -0.493 e. The van der Waals surface area contributed by atoms with Crippen LogP contribution in [0.15, 0.2) is 24.3 Å². The summed E-state index contributed by atoms with van der Waals surface area (Å²) in [6, 6.07) is 3.50. The lowest BCUT2D eigenvalue weighted by atomic mass is 10.2. The second kappa shape index (κ2) is 7.45. The van der Waals surface area contributed by atoms with Crippen LogP contribution in [0.1, 0.15) is 0 Å². The Balaban J connectivity index is 2.89. The predicted octanol–water partition coefficient (Wildman–Crippen LogP) is 1.61. The van der Waals surface area contributed by atoms with Crippen molar-refractivity contribution >= 4 is 0 Å². The number of hydrogen-bond donors (Lipinski definition) is 1. The van der Waals surface area contributed by atoms with Crippen molar-refractivity contribution in [3.63, 3.8) is 0 Å². The third kappa shape index (κ3) is 3.56. The molecule has 0 aromatic heterocycles. The first kappa shape index (κ1) is 14.2. The molecular weight excluding hydrogens is 234 g/mol. The van der Waals surface area contributed by atoms with Gasteiger partial charge in [-0.3, -0.25) is 0 Å². The Morgan fingerprint density at radius 1 is 1.00 bits per heavy atom. The summed E-state index contributed by atoms with van der Waals surface area (Å²) < 4.78 is 21.2. The topological polar surface area (TPSA) is 62.9 Å². The first-order valence-corrected chi connectivity index (χ1v) is 5.54. The van der Waals surface area contributed by atoms with E-state index in [1.54, 1.807) is 33.5 Å². The highest BCUT2D eigenvalue weighted by molar-refractivity contribution is 5.55. The van der Waals surface area contributed by atoms with Gasteiger partial charge < -0.3 is 24.7 Å². The highest BCUT2D eigenvalue weighted by Gasteiger charge is 2.13. The summed E-state index contributed by atoms with van der Waals surface area (Å²) in [5.41, 5.74) is 5.34. The number of benzene rings is 1. The van der Waals surface area contributed by atoms with E-state index in [2.05, 4.69) is 0 Å². The molecule has 0 radical (unpaired) electrons. The number of methoxy groups -OCH3 is 3. The van der Waals surface area contributed by atoms with E-state index in [4.69, 9.17) is 24.7 Å². The van der Waals surface area contributed by atoms with Gasteiger partial charge in [0.25, 0.3) is 0 Å². The van der Waals surface area contributed by atoms with Crippen molar-refractivity contribution in [3.8, 4) is 23.0 Å². The van der Waals surface area contributed by atoms with Gasteiger partial charge in [0.05, 0.1) is 21.3 Å².